The van der Waals surface area contributed by atoms with Crippen molar-refractivity contribution in [2.75, 3.05) is 29.9 Å². The van der Waals surface area contributed by atoms with Crippen molar-refractivity contribution in [1.29, 1.82) is 0 Å². The largest absolute Gasteiger partial charge is 0.372 e. The number of hydrogen-bond donors (Lipinski definition) is 1. The van der Waals surface area contributed by atoms with Crippen LogP contribution < -0.4 is 10.2 Å². The van der Waals surface area contributed by atoms with E-state index in [9.17, 15) is 9.59 Å². The molecule has 0 unspecified atom stereocenters. The molecule has 1 N–H and O–H groups in total. The van der Waals surface area contributed by atoms with Crippen LogP contribution in [0, 0.1) is 0 Å². The maximum Gasteiger partial charge on any atom is 0.278 e. The Morgan fingerprint density at radius 1 is 0.862 bits per heavy atom. The van der Waals surface area contributed by atoms with Crippen LogP contribution in [0.15, 0.2) is 60.3 Å². The third kappa shape index (κ3) is 3.90. The molecular weight excluding hydrogens is 362 g/mol. The van der Waals surface area contributed by atoms with Crippen LogP contribution in [0.5, 0.6) is 0 Å². The van der Waals surface area contributed by atoms with Gasteiger partial charge in [-0.2, -0.15) is 0 Å². The van der Waals surface area contributed by atoms with Crippen molar-refractivity contribution in [2.24, 2.45) is 0 Å². The lowest BCUT2D eigenvalue weighted by Crippen LogP contribution is -2.33. The van der Waals surface area contributed by atoms with Gasteiger partial charge >= 0.3 is 0 Å². The Balaban J connectivity index is 1.62. The first-order chi connectivity index (χ1) is 14.2. The number of piperidine rings is 1. The van der Waals surface area contributed by atoms with Gasteiger partial charge in [-0.3, -0.25) is 14.5 Å². The monoisotopic (exact) mass is 389 g/mol. The van der Waals surface area contributed by atoms with Crippen LogP contribution in [-0.4, -0.2) is 36.3 Å². The molecule has 2 aliphatic heterocycles. The molecule has 5 nitrogen and oxygen atoms in total. The molecule has 2 aromatic rings. The number of rotatable bonds is 6. The summed E-state index contributed by atoms with van der Waals surface area (Å²) in [5.41, 5.74) is 3.59. The molecule has 2 aromatic carbocycles. The average molecular weight is 389 g/mol. The number of carbonyl (C=O) groups excluding carboxylic acids is 2. The van der Waals surface area contributed by atoms with Crippen LogP contribution in [0.4, 0.5) is 11.4 Å². The second kappa shape index (κ2) is 8.52. The standard InChI is InChI=1S/C24H27N3O2/c1-2-15-27-23(28)21(18-9-5-3-6-10-18)22(24(27)29)25-19-11-13-20(14-12-19)26-16-7-4-8-17-26/h3,5-6,9-14,25H,2,4,7-8,15-17H2,1H3. The zero-order valence-electron chi connectivity index (χ0n) is 16.9. The minimum Gasteiger partial charge on any atom is -0.372 e. The maximum atomic E-state index is 13.0. The highest BCUT2D eigenvalue weighted by Crippen LogP contribution is 2.31. The van der Waals surface area contributed by atoms with Gasteiger partial charge in [-0.05, 0) is 55.5 Å². The molecule has 2 aliphatic rings. The van der Waals surface area contributed by atoms with E-state index >= 15 is 0 Å². The normalized spacial score (nSPS) is 17.3. The first-order valence-electron chi connectivity index (χ1n) is 10.5. The van der Waals surface area contributed by atoms with Crippen molar-refractivity contribution in [2.45, 2.75) is 32.6 Å². The van der Waals surface area contributed by atoms with E-state index in [1.807, 2.05) is 49.4 Å². The van der Waals surface area contributed by atoms with Crippen molar-refractivity contribution in [3.63, 3.8) is 0 Å². The molecule has 4 rings (SSSR count). The third-order valence-electron chi connectivity index (χ3n) is 5.54. The first-order valence-corrected chi connectivity index (χ1v) is 10.5. The van der Waals surface area contributed by atoms with E-state index in [1.165, 1.54) is 29.8 Å². The van der Waals surface area contributed by atoms with E-state index in [0.717, 1.165) is 30.8 Å². The maximum absolute atomic E-state index is 13.0. The van der Waals surface area contributed by atoms with Gasteiger partial charge in [0, 0.05) is 31.0 Å². The summed E-state index contributed by atoms with van der Waals surface area (Å²) in [6, 6.07) is 17.6. The van der Waals surface area contributed by atoms with Crippen molar-refractivity contribution < 1.29 is 9.59 Å². The van der Waals surface area contributed by atoms with E-state index in [-0.39, 0.29) is 11.8 Å². The number of nitrogens with one attached hydrogen (secondary N) is 1. The van der Waals surface area contributed by atoms with E-state index in [1.54, 1.807) is 0 Å². The van der Waals surface area contributed by atoms with Gasteiger partial charge in [0.25, 0.3) is 11.8 Å². The third-order valence-corrected chi connectivity index (χ3v) is 5.54. The molecule has 1 saturated heterocycles. The Bertz CT molecular complexity index is 913. The van der Waals surface area contributed by atoms with Gasteiger partial charge < -0.3 is 10.2 Å². The van der Waals surface area contributed by atoms with Crippen molar-refractivity contribution in [1.82, 2.24) is 4.90 Å². The molecular formula is C24H27N3O2. The van der Waals surface area contributed by atoms with Gasteiger partial charge in [0.2, 0.25) is 0 Å². The molecule has 2 heterocycles. The van der Waals surface area contributed by atoms with Crippen LogP contribution in [0.3, 0.4) is 0 Å². The topological polar surface area (TPSA) is 52.7 Å². The second-order valence-electron chi connectivity index (χ2n) is 7.60. The molecule has 1 fully saturated rings. The van der Waals surface area contributed by atoms with Gasteiger partial charge in [0.15, 0.2) is 0 Å². The highest BCUT2D eigenvalue weighted by atomic mass is 16.2. The quantitative estimate of drug-likeness (QED) is 0.750. The summed E-state index contributed by atoms with van der Waals surface area (Å²) < 4.78 is 0. The van der Waals surface area contributed by atoms with Gasteiger partial charge in [-0.25, -0.2) is 0 Å². The molecule has 0 saturated carbocycles. The minimum atomic E-state index is -0.254. The Labute approximate surface area is 172 Å². The Hall–Kier alpha value is -3.08. The number of anilines is 2. The van der Waals surface area contributed by atoms with Crippen molar-refractivity contribution in [3.05, 3.63) is 65.9 Å². The molecule has 0 spiro atoms. The van der Waals surface area contributed by atoms with Gasteiger partial charge in [0.1, 0.15) is 5.70 Å². The van der Waals surface area contributed by atoms with Crippen LogP contribution >= 0.6 is 0 Å². The Morgan fingerprint density at radius 2 is 1.55 bits per heavy atom. The first kappa shape index (κ1) is 19.2. The smallest absolute Gasteiger partial charge is 0.278 e. The molecule has 0 aromatic heterocycles. The fourth-order valence-electron chi connectivity index (χ4n) is 4.04. The van der Waals surface area contributed by atoms with E-state index in [4.69, 9.17) is 0 Å². The molecule has 0 atom stereocenters. The Kier molecular flexibility index (Phi) is 5.65. The second-order valence-corrected chi connectivity index (χ2v) is 7.60. The van der Waals surface area contributed by atoms with Gasteiger partial charge in [-0.15, -0.1) is 0 Å². The van der Waals surface area contributed by atoms with Crippen LogP contribution in [-0.2, 0) is 9.59 Å². The average Bonchev–Trinajstić information content (AvgIpc) is 3.00. The van der Waals surface area contributed by atoms with Gasteiger partial charge in [-0.1, -0.05) is 37.3 Å². The fraction of sp³-hybridized carbons (Fsp3) is 0.333. The molecule has 29 heavy (non-hydrogen) atoms. The number of hydrogen-bond acceptors (Lipinski definition) is 4. The van der Waals surface area contributed by atoms with Crippen LogP contribution in [0.25, 0.3) is 5.57 Å². The Morgan fingerprint density at radius 3 is 2.21 bits per heavy atom. The van der Waals surface area contributed by atoms with Crippen molar-refractivity contribution >= 4 is 28.8 Å². The summed E-state index contributed by atoms with van der Waals surface area (Å²) in [5.74, 6) is -0.480. The lowest BCUT2D eigenvalue weighted by molar-refractivity contribution is -0.136. The molecule has 150 valence electrons. The number of amides is 2. The molecule has 2 amide bonds. The predicted octanol–water partition coefficient (Wildman–Crippen LogP) is 4.28. The summed E-state index contributed by atoms with van der Waals surface area (Å²) in [7, 11) is 0. The van der Waals surface area contributed by atoms with E-state index in [0.29, 0.717) is 17.8 Å². The zero-order chi connectivity index (χ0) is 20.2. The zero-order valence-corrected chi connectivity index (χ0v) is 16.9. The summed E-state index contributed by atoms with van der Waals surface area (Å²) >= 11 is 0. The summed E-state index contributed by atoms with van der Waals surface area (Å²) in [5, 5.41) is 3.24. The molecule has 0 aliphatic carbocycles. The summed E-state index contributed by atoms with van der Waals surface area (Å²) in [6.45, 7) is 4.57. The van der Waals surface area contributed by atoms with Crippen molar-refractivity contribution in [3.8, 4) is 0 Å². The van der Waals surface area contributed by atoms with Gasteiger partial charge in [0.05, 0.1) is 5.57 Å². The highest BCUT2D eigenvalue weighted by Gasteiger charge is 2.38. The van der Waals surface area contributed by atoms with Crippen LogP contribution in [0.1, 0.15) is 38.2 Å². The fourth-order valence-corrected chi connectivity index (χ4v) is 4.04. The number of nitrogens with zero attached hydrogens (tertiary/aromatic N) is 2. The molecule has 0 radical (unpaired) electrons. The number of carbonyl (C=O) groups is 2. The molecule has 5 heteroatoms. The van der Waals surface area contributed by atoms with Crippen LogP contribution in [0.2, 0.25) is 0 Å². The summed E-state index contributed by atoms with van der Waals surface area (Å²) in [6.07, 6.45) is 4.50. The SMILES string of the molecule is CCCN1C(=O)C(Nc2ccc(N3CCCCC3)cc2)=C(c2ccccc2)C1=O. The lowest BCUT2D eigenvalue weighted by Gasteiger charge is -2.28. The number of imide groups is 1. The van der Waals surface area contributed by atoms with E-state index < -0.39 is 0 Å². The van der Waals surface area contributed by atoms with E-state index in [2.05, 4.69) is 22.3 Å². The minimum absolute atomic E-state index is 0.226. The molecule has 0 bridgehead atoms. The highest BCUT2D eigenvalue weighted by molar-refractivity contribution is 6.36. The predicted molar refractivity (Wildman–Crippen MR) is 117 cm³/mol. The lowest BCUT2D eigenvalue weighted by atomic mass is 10.0. The number of benzene rings is 2. The summed E-state index contributed by atoms with van der Waals surface area (Å²) in [4.78, 5) is 29.7.